The number of nitrogens with zero attached hydrogens (tertiary/aromatic N) is 2. The van der Waals surface area contributed by atoms with Gasteiger partial charge in [-0.15, -0.1) is 0 Å². The average molecular weight is 397 g/mol. The van der Waals surface area contributed by atoms with E-state index in [0.29, 0.717) is 28.6 Å². The van der Waals surface area contributed by atoms with Crippen LogP contribution in [-0.2, 0) is 4.74 Å². The predicted octanol–water partition coefficient (Wildman–Crippen LogP) is 4.30. The van der Waals surface area contributed by atoms with E-state index >= 15 is 0 Å². The summed E-state index contributed by atoms with van der Waals surface area (Å²) < 4.78 is 4.95. The van der Waals surface area contributed by atoms with Crippen molar-refractivity contribution >= 4 is 40.8 Å². The topological polar surface area (TPSA) is 93.2 Å². The number of esters is 1. The molecule has 1 amide bonds. The van der Waals surface area contributed by atoms with Gasteiger partial charge in [-0.05, 0) is 61.5 Å². The summed E-state index contributed by atoms with van der Waals surface area (Å²) in [6, 6.07) is 15.0. The van der Waals surface area contributed by atoms with Crippen LogP contribution in [0, 0.1) is 0 Å². The molecule has 0 radical (unpaired) electrons. The maximum Gasteiger partial charge on any atom is 0.338 e. The molecule has 0 aliphatic heterocycles. The van der Waals surface area contributed by atoms with Gasteiger partial charge in [0.2, 0.25) is 5.95 Å². The molecule has 0 fully saturated rings. The van der Waals surface area contributed by atoms with E-state index < -0.39 is 0 Å². The summed E-state index contributed by atoms with van der Waals surface area (Å²) in [5.74, 6) is -0.496. The van der Waals surface area contributed by atoms with Crippen molar-refractivity contribution in [2.75, 3.05) is 17.2 Å². The molecule has 0 saturated carbocycles. The smallest absolute Gasteiger partial charge is 0.338 e. The zero-order valence-electron chi connectivity index (χ0n) is 15.0. The first-order valence-electron chi connectivity index (χ1n) is 8.49. The second-order valence-corrected chi connectivity index (χ2v) is 6.09. The van der Waals surface area contributed by atoms with Crippen molar-refractivity contribution in [1.82, 2.24) is 9.97 Å². The summed E-state index contributed by atoms with van der Waals surface area (Å²) in [6.07, 6.45) is 1.49. The summed E-state index contributed by atoms with van der Waals surface area (Å²) in [5, 5.41) is 6.32. The molecule has 28 heavy (non-hydrogen) atoms. The maximum absolute atomic E-state index is 12.4. The van der Waals surface area contributed by atoms with Crippen LogP contribution in [0.15, 0.2) is 60.8 Å². The van der Waals surface area contributed by atoms with E-state index in [4.69, 9.17) is 16.3 Å². The second kappa shape index (κ2) is 8.96. The highest BCUT2D eigenvalue weighted by molar-refractivity contribution is 6.30. The Balaban J connectivity index is 1.68. The molecule has 2 N–H and O–H groups in total. The van der Waals surface area contributed by atoms with Gasteiger partial charge in [-0.3, -0.25) is 4.79 Å². The lowest BCUT2D eigenvalue weighted by atomic mass is 10.2. The third kappa shape index (κ3) is 5.05. The Morgan fingerprint density at radius 1 is 1.00 bits per heavy atom. The number of rotatable bonds is 6. The van der Waals surface area contributed by atoms with Crippen LogP contribution in [0.25, 0.3) is 0 Å². The van der Waals surface area contributed by atoms with E-state index in [1.165, 1.54) is 12.3 Å². The number of hydrogen-bond donors (Lipinski definition) is 2. The zero-order chi connectivity index (χ0) is 19.9. The molecule has 0 atom stereocenters. The van der Waals surface area contributed by atoms with Crippen LogP contribution in [0.1, 0.15) is 27.8 Å². The number of ether oxygens (including phenoxy) is 1. The minimum absolute atomic E-state index is 0.204. The Morgan fingerprint density at radius 2 is 1.68 bits per heavy atom. The van der Waals surface area contributed by atoms with E-state index in [0.717, 1.165) is 0 Å². The number of carbonyl (C=O) groups is 2. The van der Waals surface area contributed by atoms with Crippen LogP contribution in [0.4, 0.5) is 17.3 Å². The van der Waals surface area contributed by atoms with Crippen molar-refractivity contribution in [2.24, 2.45) is 0 Å². The van der Waals surface area contributed by atoms with Crippen LogP contribution in [0.5, 0.6) is 0 Å². The van der Waals surface area contributed by atoms with Crippen LogP contribution in [-0.4, -0.2) is 28.5 Å². The summed E-state index contributed by atoms with van der Waals surface area (Å²) in [4.78, 5) is 32.4. The minimum atomic E-state index is -0.383. The maximum atomic E-state index is 12.4. The first-order chi connectivity index (χ1) is 13.5. The minimum Gasteiger partial charge on any atom is -0.462 e. The highest BCUT2D eigenvalue weighted by Gasteiger charge is 2.10. The van der Waals surface area contributed by atoms with Crippen molar-refractivity contribution in [1.29, 1.82) is 0 Å². The molecule has 0 aliphatic carbocycles. The number of halogens is 1. The summed E-state index contributed by atoms with van der Waals surface area (Å²) in [7, 11) is 0. The number of benzene rings is 2. The first-order valence-corrected chi connectivity index (χ1v) is 8.87. The summed E-state index contributed by atoms with van der Waals surface area (Å²) in [6.45, 7) is 2.07. The molecule has 0 aliphatic rings. The van der Waals surface area contributed by atoms with Gasteiger partial charge in [0.25, 0.3) is 5.91 Å². The SMILES string of the molecule is CCOC(=O)c1ccc(Nc2nccc(C(=O)Nc3ccc(Cl)cc3)n2)cc1. The van der Waals surface area contributed by atoms with E-state index in [-0.39, 0.29) is 23.5 Å². The monoisotopic (exact) mass is 396 g/mol. The van der Waals surface area contributed by atoms with Gasteiger partial charge < -0.3 is 15.4 Å². The van der Waals surface area contributed by atoms with Gasteiger partial charge in [-0.1, -0.05) is 11.6 Å². The fourth-order valence-electron chi connectivity index (χ4n) is 2.31. The number of anilines is 3. The molecule has 7 nitrogen and oxygen atoms in total. The van der Waals surface area contributed by atoms with E-state index in [2.05, 4.69) is 20.6 Å². The summed E-state index contributed by atoms with van der Waals surface area (Å²) >= 11 is 5.84. The highest BCUT2D eigenvalue weighted by atomic mass is 35.5. The van der Waals surface area contributed by atoms with Crippen LogP contribution >= 0.6 is 11.6 Å². The summed E-state index contributed by atoms with van der Waals surface area (Å²) in [5.41, 5.74) is 1.93. The average Bonchev–Trinajstić information content (AvgIpc) is 2.70. The molecule has 1 heterocycles. The van der Waals surface area contributed by atoms with Crippen LogP contribution in [0.3, 0.4) is 0 Å². The molecule has 0 bridgehead atoms. The van der Waals surface area contributed by atoms with E-state index in [1.807, 2.05) is 0 Å². The van der Waals surface area contributed by atoms with Crippen molar-refractivity contribution in [2.45, 2.75) is 6.92 Å². The highest BCUT2D eigenvalue weighted by Crippen LogP contribution is 2.16. The molecule has 0 saturated heterocycles. The third-order valence-electron chi connectivity index (χ3n) is 3.64. The lowest BCUT2D eigenvalue weighted by Crippen LogP contribution is -2.14. The van der Waals surface area contributed by atoms with Crippen molar-refractivity contribution in [3.63, 3.8) is 0 Å². The van der Waals surface area contributed by atoms with Gasteiger partial charge in [0.05, 0.1) is 12.2 Å². The molecule has 3 rings (SSSR count). The lowest BCUT2D eigenvalue weighted by molar-refractivity contribution is 0.0526. The van der Waals surface area contributed by atoms with E-state index in [1.54, 1.807) is 55.5 Å². The molecular formula is C20H17ClN4O3. The van der Waals surface area contributed by atoms with Gasteiger partial charge in [0.15, 0.2) is 0 Å². The number of nitrogens with one attached hydrogen (secondary N) is 2. The largest absolute Gasteiger partial charge is 0.462 e. The number of carbonyl (C=O) groups excluding carboxylic acids is 2. The molecule has 3 aromatic rings. The molecule has 142 valence electrons. The van der Waals surface area contributed by atoms with Gasteiger partial charge in [-0.25, -0.2) is 14.8 Å². The third-order valence-corrected chi connectivity index (χ3v) is 3.89. The molecule has 2 aromatic carbocycles. The number of amides is 1. The number of aromatic nitrogens is 2. The van der Waals surface area contributed by atoms with Gasteiger partial charge in [0.1, 0.15) is 5.69 Å². The Bertz CT molecular complexity index is 976. The Hall–Kier alpha value is -3.45. The molecule has 0 unspecified atom stereocenters. The fourth-order valence-corrected chi connectivity index (χ4v) is 2.43. The van der Waals surface area contributed by atoms with Crippen molar-refractivity contribution in [3.8, 4) is 0 Å². The molecule has 0 spiro atoms. The Kier molecular flexibility index (Phi) is 6.18. The normalized spacial score (nSPS) is 10.2. The Morgan fingerprint density at radius 3 is 2.36 bits per heavy atom. The van der Waals surface area contributed by atoms with Crippen LogP contribution < -0.4 is 10.6 Å². The predicted molar refractivity (Wildman–Crippen MR) is 107 cm³/mol. The van der Waals surface area contributed by atoms with Gasteiger partial charge in [-0.2, -0.15) is 0 Å². The zero-order valence-corrected chi connectivity index (χ0v) is 15.7. The molecule has 1 aromatic heterocycles. The Labute approximate surface area is 166 Å². The van der Waals surface area contributed by atoms with Gasteiger partial charge >= 0.3 is 5.97 Å². The van der Waals surface area contributed by atoms with Crippen molar-refractivity contribution < 1.29 is 14.3 Å². The fraction of sp³-hybridized carbons (Fsp3) is 0.100. The quantitative estimate of drug-likeness (QED) is 0.603. The second-order valence-electron chi connectivity index (χ2n) is 5.65. The van der Waals surface area contributed by atoms with Gasteiger partial charge in [0, 0.05) is 22.6 Å². The van der Waals surface area contributed by atoms with Crippen LogP contribution in [0.2, 0.25) is 5.02 Å². The molecule has 8 heteroatoms. The lowest BCUT2D eigenvalue weighted by Gasteiger charge is -2.08. The first kappa shape index (κ1) is 19.3. The standard InChI is InChI=1S/C20H17ClN4O3/c1-2-28-19(27)13-3-7-16(8-4-13)24-20-22-12-11-17(25-20)18(26)23-15-9-5-14(21)6-10-15/h3-12H,2H2,1H3,(H,23,26)(H,22,24,25). The molecular weight excluding hydrogens is 380 g/mol. The number of hydrogen-bond acceptors (Lipinski definition) is 6. The van der Waals surface area contributed by atoms with E-state index in [9.17, 15) is 9.59 Å². The van der Waals surface area contributed by atoms with Crippen molar-refractivity contribution in [3.05, 3.63) is 77.1 Å².